The predicted octanol–water partition coefficient (Wildman–Crippen LogP) is 4.41. The molecule has 0 saturated heterocycles. The van der Waals surface area contributed by atoms with Gasteiger partial charge >= 0.3 is 0 Å². The number of hydrogen-bond acceptors (Lipinski definition) is 3. The van der Waals surface area contributed by atoms with Crippen molar-refractivity contribution in [1.82, 2.24) is 4.90 Å². The molecule has 1 fully saturated rings. The van der Waals surface area contributed by atoms with Crippen LogP contribution in [-0.2, 0) is 16.4 Å². The third-order valence-corrected chi connectivity index (χ3v) is 6.89. The first kappa shape index (κ1) is 18.4. The largest absolute Gasteiger partial charge is 0.295 e. The second-order valence-corrected chi connectivity index (χ2v) is 9.35. The van der Waals surface area contributed by atoms with Crippen LogP contribution in [0.25, 0.3) is 0 Å². The van der Waals surface area contributed by atoms with Gasteiger partial charge in [0.2, 0.25) is 0 Å². The summed E-state index contributed by atoms with van der Waals surface area (Å²) >= 11 is 5.86. The minimum absolute atomic E-state index is 0.124. The molecule has 25 heavy (non-hydrogen) atoms. The fraction of sp³-hybridized carbons (Fsp3) is 0.400. The summed E-state index contributed by atoms with van der Waals surface area (Å²) in [6.07, 6.45) is 2.49. The van der Waals surface area contributed by atoms with Crippen molar-refractivity contribution in [3.8, 4) is 0 Å². The SMILES string of the molecule is CC(C1CC1)N(CCS(=O)(=O)c1ccc(Cl)cc1)Cc1ccccc1. The number of nitrogens with zero attached hydrogens (tertiary/aromatic N) is 1. The van der Waals surface area contributed by atoms with E-state index in [9.17, 15) is 8.42 Å². The molecule has 2 aromatic carbocycles. The lowest BCUT2D eigenvalue weighted by molar-refractivity contribution is 0.192. The Morgan fingerprint density at radius 1 is 1.08 bits per heavy atom. The van der Waals surface area contributed by atoms with Gasteiger partial charge in [0.1, 0.15) is 0 Å². The normalized spacial score (nSPS) is 16.1. The van der Waals surface area contributed by atoms with Crippen LogP contribution in [0.3, 0.4) is 0 Å². The summed E-state index contributed by atoms with van der Waals surface area (Å²) in [6.45, 7) is 3.54. The highest BCUT2D eigenvalue weighted by Crippen LogP contribution is 2.35. The second kappa shape index (κ2) is 7.90. The molecule has 0 aromatic heterocycles. The monoisotopic (exact) mass is 377 g/mol. The van der Waals surface area contributed by atoms with Crippen LogP contribution in [0.5, 0.6) is 0 Å². The van der Waals surface area contributed by atoms with E-state index >= 15 is 0 Å². The maximum Gasteiger partial charge on any atom is 0.179 e. The Hall–Kier alpha value is -1.36. The van der Waals surface area contributed by atoms with Gasteiger partial charge in [-0.15, -0.1) is 0 Å². The van der Waals surface area contributed by atoms with E-state index in [0.29, 0.717) is 28.4 Å². The van der Waals surface area contributed by atoms with Crippen LogP contribution in [0.4, 0.5) is 0 Å². The number of hydrogen-bond donors (Lipinski definition) is 0. The van der Waals surface area contributed by atoms with Crippen molar-refractivity contribution in [2.24, 2.45) is 5.92 Å². The molecule has 0 aliphatic heterocycles. The van der Waals surface area contributed by atoms with E-state index in [0.717, 1.165) is 6.54 Å². The van der Waals surface area contributed by atoms with Gasteiger partial charge in [-0.1, -0.05) is 41.9 Å². The van der Waals surface area contributed by atoms with Crippen molar-refractivity contribution in [2.75, 3.05) is 12.3 Å². The Morgan fingerprint density at radius 3 is 2.32 bits per heavy atom. The molecule has 0 amide bonds. The van der Waals surface area contributed by atoms with Gasteiger partial charge < -0.3 is 0 Å². The highest BCUT2D eigenvalue weighted by molar-refractivity contribution is 7.91. The first-order valence-corrected chi connectivity index (χ1v) is 10.7. The summed E-state index contributed by atoms with van der Waals surface area (Å²) in [6, 6.07) is 17.1. The summed E-state index contributed by atoms with van der Waals surface area (Å²) in [7, 11) is -3.30. The van der Waals surface area contributed by atoms with Gasteiger partial charge in [0, 0.05) is 24.2 Å². The van der Waals surface area contributed by atoms with Gasteiger partial charge in [0.05, 0.1) is 10.6 Å². The van der Waals surface area contributed by atoms with Crippen LogP contribution in [0.15, 0.2) is 59.5 Å². The molecule has 2 aromatic rings. The van der Waals surface area contributed by atoms with Gasteiger partial charge in [-0.25, -0.2) is 8.42 Å². The predicted molar refractivity (Wildman–Crippen MR) is 103 cm³/mol. The van der Waals surface area contributed by atoms with Gasteiger partial charge in [-0.2, -0.15) is 0 Å². The average molecular weight is 378 g/mol. The van der Waals surface area contributed by atoms with Crippen molar-refractivity contribution < 1.29 is 8.42 Å². The van der Waals surface area contributed by atoms with E-state index in [1.54, 1.807) is 24.3 Å². The average Bonchev–Trinajstić information content (AvgIpc) is 3.44. The molecule has 1 atom stereocenters. The Morgan fingerprint density at radius 2 is 1.72 bits per heavy atom. The molecule has 0 spiro atoms. The smallest absolute Gasteiger partial charge is 0.179 e. The molecule has 0 bridgehead atoms. The lowest BCUT2D eigenvalue weighted by Crippen LogP contribution is -2.37. The van der Waals surface area contributed by atoms with Crippen molar-refractivity contribution in [3.63, 3.8) is 0 Å². The maximum absolute atomic E-state index is 12.6. The minimum atomic E-state index is -3.30. The summed E-state index contributed by atoms with van der Waals surface area (Å²) in [4.78, 5) is 2.65. The molecule has 0 radical (unpaired) electrons. The molecule has 0 heterocycles. The van der Waals surface area contributed by atoms with E-state index in [2.05, 4.69) is 24.0 Å². The molecule has 1 unspecified atom stereocenters. The fourth-order valence-corrected chi connectivity index (χ4v) is 4.51. The highest BCUT2D eigenvalue weighted by atomic mass is 35.5. The van der Waals surface area contributed by atoms with Crippen LogP contribution in [0.2, 0.25) is 5.02 Å². The van der Waals surface area contributed by atoms with E-state index < -0.39 is 9.84 Å². The number of halogens is 1. The van der Waals surface area contributed by atoms with E-state index in [1.807, 2.05) is 18.2 Å². The zero-order chi connectivity index (χ0) is 17.9. The summed E-state index contributed by atoms with van der Waals surface area (Å²) < 4.78 is 25.3. The van der Waals surface area contributed by atoms with E-state index in [1.165, 1.54) is 18.4 Å². The van der Waals surface area contributed by atoms with Crippen LogP contribution in [0, 0.1) is 5.92 Å². The van der Waals surface area contributed by atoms with Crippen molar-refractivity contribution in [2.45, 2.75) is 37.2 Å². The lowest BCUT2D eigenvalue weighted by Gasteiger charge is -2.29. The quantitative estimate of drug-likeness (QED) is 0.683. The zero-order valence-electron chi connectivity index (χ0n) is 14.4. The highest BCUT2D eigenvalue weighted by Gasteiger charge is 2.32. The molecule has 3 rings (SSSR count). The van der Waals surface area contributed by atoms with E-state index in [-0.39, 0.29) is 5.75 Å². The third-order valence-electron chi connectivity index (χ3n) is 4.93. The minimum Gasteiger partial charge on any atom is -0.295 e. The summed E-state index contributed by atoms with van der Waals surface area (Å²) in [5.74, 6) is 0.820. The molecule has 1 aliphatic rings. The van der Waals surface area contributed by atoms with Crippen LogP contribution in [-0.4, -0.2) is 31.7 Å². The molecular formula is C20H24ClNO2S. The van der Waals surface area contributed by atoms with Crippen LogP contribution >= 0.6 is 11.6 Å². The fourth-order valence-electron chi connectivity index (χ4n) is 3.12. The molecule has 1 aliphatic carbocycles. The Labute approximate surface area is 155 Å². The Balaban J connectivity index is 1.70. The van der Waals surface area contributed by atoms with Gasteiger partial charge in [-0.3, -0.25) is 4.90 Å². The maximum atomic E-state index is 12.6. The second-order valence-electron chi connectivity index (χ2n) is 6.81. The first-order chi connectivity index (χ1) is 12.0. The number of rotatable bonds is 8. The zero-order valence-corrected chi connectivity index (χ0v) is 16.0. The molecule has 1 saturated carbocycles. The lowest BCUT2D eigenvalue weighted by atomic mass is 10.1. The summed E-state index contributed by atoms with van der Waals surface area (Å²) in [5.41, 5.74) is 1.22. The molecule has 134 valence electrons. The Bertz CT molecular complexity index is 786. The van der Waals surface area contributed by atoms with Crippen molar-refractivity contribution in [3.05, 3.63) is 65.2 Å². The van der Waals surface area contributed by atoms with Crippen LogP contribution < -0.4 is 0 Å². The summed E-state index contributed by atoms with van der Waals surface area (Å²) in [5, 5.41) is 0.548. The molecule has 0 N–H and O–H groups in total. The van der Waals surface area contributed by atoms with Crippen molar-refractivity contribution in [1.29, 1.82) is 0 Å². The standard InChI is InChI=1S/C20H24ClNO2S/c1-16(18-7-8-18)22(15-17-5-3-2-4-6-17)13-14-25(23,24)20-11-9-19(21)10-12-20/h2-6,9-12,16,18H,7-8,13-15H2,1H3. The topological polar surface area (TPSA) is 37.4 Å². The van der Waals surface area contributed by atoms with Gasteiger partial charge in [-0.05, 0) is 55.5 Å². The molecule has 3 nitrogen and oxygen atoms in total. The van der Waals surface area contributed by atoms with E-state index in [4.69, 9.17) is 11.6 Å². The molecule has 5 heteroatoms. The Kier molecular flexibility index (Phi) is 5.82. The number of benzene rings is 2. The van der Waals surface area contributed by atoms with Crippen LogP contribution in [0.1, 0.15) is 25.3 Å². The van der Waals surface area contributed by atoms with Crippen molar-refractivity contribution >= 4 is 21.4 Å². The number of sulfone groups is 1. The molecular weight excluding hydrogens is 354 g/mol. The van der Waals surface area contributed by atoms with Gasteiger partial charge in [0.25, 0.3) is 0 Å². The first-order valence-electron chi connectivity index (χ1n) is 8.72. The van der Waals surface area contributed by atoms with Gasteiger partial charge in [0.15, 0.2) is 9.84 Å². The third kappa shape index (κ3) is 5.06.